The summed E-state index contributed by atoms with van der Waals surface area (Å²) in [4.78, 5) is 0. The van der Waals surface area contributed by atoms with E-state index < -0.39 is 6.10 Å². The molecule has 3 heteroatoms. The molecule has 2 N–H and O–H groups in total. The van der Waals surface area contributed by atoms with E-state index in [4.69, 9.17) is 14.9 Å². The highest BCUT2D eigenvalue weighted by Crippen LogP contribution is 2.20. The van der Waals surface area contributed by atoms with Crippen LogP contribution in [0.4, 0.5) is 0 Å². The summed E-state index contributed by atoms with van der Waals surface area (Å²) in [7, 11) is 0. The molecule has 0 radical (unpaired) electrons. The van der Waals surface area contributed by atoms with Gasteiger partial charge in [0.1, 0.15) is 0 Å². The van der Waals surface area contributed by atoms with Crippen molar-refractivity contribution < 1.29 is 14.9 Å². The third kappa shape index (κ3) is 10.2. The van der Waals surface area contributed by atoms with Gasteiger partial charge in [0.05, 0.1) is 18.8 Å². The van der Waals surface area contributed by atoms with Crippen LogP contribution in [0.15, 0.2) is 0 Å². The molecule has 0 amide bonds. The second-order valence-corrected chi connectivity index (χ2v) is 4.16. The maximum absolute atomic E-state index is 8.11. The average molecular weight is 218 g/mol. The molecule has 0 aliphatic heterocycles. The zero-order chi connectivity index (χ0) is 11.5. The fourth-order valence-electron chi connectivity index (χ4n) is 1.45. The van der Waals surface area contributed by atoms with Crippen molar-refractivity contribution in [3.05, 3.63) is 0 Å². The van der Waals surface area contributed by atoms with E-state index >= 15 is 0 Å². The van der Waals surface area contributed by atoms with Gasteiger partial charge >= 0.3 is 0 Å². The van der Waals surface area contributed by atoms with Crippen molar-refractivity contribution in [1.82, 2.24) is 0 Å². The number of hydrogen-bond acceptors (Lipinski definition) is 3. The number of hydrogen-bond donors (Lipinski definition) is 2. The van der Waals surface area contributed by atoms with Gasteiger partial charge in [-0.15, -0.1) is 0 Å². The molecule has 1 rings (SSSR count). The Balaban J connectivity index is 0.000000336. The minimum absolute atomic E-state index is 0.139. The Morgan fingerprint density at radius 1 is 1.33 bits per heavy atom. The monoisotopic (exact) mass is 218 g/mol. The Bertz CT molecular complexity index is 120. The van der Waals surface area contributed by atoms with Crippen molar-refractivity contribution in [2.75, 3.05) is 13.2 Å². The van der Waals surface area contributed by atoms with Crippen molar-refractivity contribution in [2.24, 2.45) is 0 Å². The van der Waals surface area contributed by atoms with Gasteiger partial charge in [-0.2, -0.15) is 0 Å². The van der Waals surface area contributed by atoms with Gasteiger partial charge < -0.3 is 14.9 Å². The Hall–Kier alpha value is -0.120. The van der Waals surface area contributed by atoms with Crippen LogP contribution >= 0.6 is 0 Å². The van der Waals surface area contributed by atoms with E-state index in [9.17, 15) is 0 Å². The zero-order valence-electron chi connectivity index (χ0n) is 10.1. The van der Waals surface area contributed by atoms with E-state index in [1.54, 1.807) is 0 Å². The normalized spacial score (nSPS) is 18.4. The predicted octanol–water partition coefficient (Wildman–Crippen LogP) is 2.11. The van der Waals surface area contributed by atoms with Crippen molar-refractivity contribution in [2.45, 2.75) is 64.6 Å². The first-order valence-electron chi connectivity index (χ1n) is 6.11. The molecule has 0 bridgehead atoms. The quantitative estimate of drug-likeness (QED) is 0.695. The fourth-order valence-corrected chi connectivity index (χ4v) is 1.45. The average Bonchev–Trinajstić information content (AvgIpc) is 2.72. The van der Waals surface area contributed by atoms with Crippen molar-refractivity contribution >= 4 is 0 Å². The van der Waals surface area contributed by atoms with E-state index in [2.05, 4.69) is 6.92 Å². The lowest BCUT2D eigenvalue weighted by atomic mass is 10.3. The number of aliphatic hydroxyl groups is 2. The minimum atomic E-state index is -0.560. The molecule has 1 unspecified atom stereocenters. The van der Waals surface area contributed by atoms with Crippen molar-refractivity contribution in [1.29, 1.82) is 0 Å². The summed E-state index contributed by atoms with van der Waals surface area (Å²) in [5, 5.41) is 16.0. The second kappa shape index (κ2) is 10.4. The smallest absolute Gasteiger partial charge is 0.0742 e. The maximum Gasteiger partial charge on any atom is 0.0742 e. The van der Waals surface area contributed by atoms with Crippen LogP contribution in [0.25, 0.3) is 0 Å². The summed E-state index contributed by atoms with van der Waals surface area (Å²) in [6.07, 6.45) is 7.94. The first-order valence-corrected chi connectivity index (χ1v) is 6.11. The highest BCUT2D eigenvalue weighted by atomic mass is 16.5. The van der Waals surface area contributed by atoms with Crippen LogP contribution in [-0.4, -0.2) is 35.6 Å². The molecule has 1 aliphatic rings. The minimum Gasteiger partial charge on any atom is -0.394 e. The maximum atomic E-state index is 8.11. The van der Waals surface area contributed by atoms with E-state index in [-0.39, 0.29) is 6.61 Å². The molecule has 0 aromatic heterocycles. The number of rotatable bonds is 5. The van der Waals surface area contributed by atoms with Crippen LogP contribution in [0.2, 0.25) is 0 Å². The van der Waals surface area contributed by atoms with Gasteiger partial charge in [0, 0.05) is 6.61 Å². The Morgan fingerprint density at radius 3 is 2.27 bits per heavy atom. The van der Waals surface area contributed by atoms with Gasteiger partial charge in [0.15, 0.2) is 0 Å². The molecule has 1 atom stereocenters. The third-order valence-electron chi connectivity index (χ3n) is 2.42. The number of ether oxygens (including phenoxy) is 1. The van der Waals surface area contributed by atoms with Crippen LogP contribution in [0.1, 0.15) is 52.4 Å². The lowest BCUT2D eigenvalue weighted by molar-refractivity contribution is 0.0565. The van der Waals surface area contributed by atoms with Gasteiger partial charge in [0.25, 0.3) is 0 Å². The zero-order valence-corrected chi connectivity index (χ0v) is 10.1. The van der Waals surface area contributed by atoms with E-state index in [0.717, 1.165) is 6.61 Å². The summed E-state index contributed by atoms with van der Waals surface area (Å²) < 4.78 is 5.64. The molecule has 3 nitrogen and oxygen atoms in total. The molecular formula is C12H26O3. The molecule has 0 aromatic carbocycles. The highest BCUT2D eigenvalue weighted by Gasteiger charge is 2.14. The standard InChI is InChI=1S/C9H18O.C3H8O2/c1-2-3-8-10-9-6-4-5-7-9;1-3(5)2-4/h9H,2-8H2,1H3;3-5H,2H2,1H3. The van der Waals surface area contributed by atoms with E-state index in [1.807, 2.05) is 0 Å². The molecule has 0 heterocycles. The van der Waals surface area contributed by atoms with Crippen LogP contribution in [-0.2, 0) is 4.74 Å². The number of aliphatic hydroxyl groups excluding tert-OH is 2. The summed E-state index contributed by atoms with van der Waals surface area (Å²) in [6.45, 7) is 4.58. The van der Waals surface area contributed by atoms with Gasteiger partial charge in [-0.25, -0.2) is 0 Å². The topological polar surface area (TPSA) is 49.7 Å². The van der Waals surface area contributed by atoms with E-state index in [1.165, 1.54) is 45.4 Å². The molecule has 1 saturated carbocycles. The lowest BCUT2D eigenvalue weighted by Crippen LogP contribution is -2.07. The summed E-state index contributed by atoms with van der Waals surface area (Å²) in [6, 6.07) is 0. The summed E-state index contributed by atoms with van der Waals surface area (Å²) in [5.74, 6) is 0. The Kier molecular flexibility index (Phi) is 10.3. The predicted molar refractivity (Wildman–Crippen MR) is 61.9 cm³/mol. The first-order chi connectivity index (χ1) is 7.20. The summed E-state index contributed by atoms with van der Waals surface area (Å²) in [5.41, 5.74) is 0. The lowest BCUT2D eigenvalue weighted by Gasteiger charge is -2.09. The number of unbranched alkanes of at least 4 members (excludes halogenated alkanes) is 1. The second-order valence-electron chi connectivity index (χ2n) is 4.16. The van der Waals surface area contributed by atoms with Crippen molar-refractivity contribution in [3.63, 3.8) is 0 Å². The van der Waals surface area contributed by atoms with Gasteiger partial charge in [-0.3, -0.25) is 0 Å². The fraction of sp³-hybridized carbons (Fsp3) is 1.00. The van der Waals surface area contributed by atoms with Crippen molar-refractivity contribution in [3.8, 4) is 0 Å². The molecule has 0 spiro atoms. The molecule has 92 valence electrons. The van der Waals surface area contributed by atoms with Crippen LogP contribution in [0, 0.1) is 0 Å². The Morgan fingerprint density at radius 2 is 1.87 bits per heavy atom. The Labute approximate surface area is 93.5 Å². The molecule has 1 aliphatic carbocycles. The van der Waals surface area contributed by atoms with Gasteiger partial charge in [-0.1, -0.05) is 26.2 Å². The molecule has 1 fully saturated rings. The first kappa shape index (κ1) is 14.9. The summed E-state index contributed by atoms with van der Waals surface area (Å²) >= 11 is 0. The van der Waals surface area contributed by atoms with Crippen LogP contribution in [0.5, 0.6) is 0 Å². The van der Waals surface area contributed by atoms with E-state index in [0.29, 0.717) is 6.10 Å². The van der Waals surface area contributed by atoms with Gasteiger partial charge in [0.2, 0.25) is 0 Å². The largest absolute Gasteiger partial charge is 0.394 e. The SMILES string of the molecule is CC(O)CO.CCCCOC1CCCC1. The highest BCUT2D eigenvalue weighted by molar-refractivity contribution is 4.66. The molecule has 15 heavy (non-hydrogen) atoms. The molecule has 0 saturated heterocycles. The molecule has 0 aromatic rings. The third-order valence-corrected chi connectivity index (χ3v) is 2.42. The molecular weight excluding hydrogens is 192 g/mol. The van der Waals surface area contributed by atoms with Gasteiger partial charge in [-0.05, 0) is 26.2 Å². The van der Waals surface area contributed by atoms with Crippen LogP contribution in [0.3, 0.4) is 0 Å². The van der Waals surface area contributed by atoms with Crippen LogP contribution < -0.4 is 0 Å².